The lowest BCUT2D eigenvalue weighted by atomic mass is 10.2. The van der Waals surface area contributed by atoms with Gasteiger partial charge in [-0.25, -0.2) is 18.3 Å². The summed E-state index contributed by atoms with van der Waals surface area (Å²) >= 11 is 0. The van der Waals surface area contributed by atoms with Crippen molar-refractivity contribution in [2.24, 2.45) is 0 Å². The third kappa shape index (κ3) is 6.42. The zero-order valence-corrected chi connectivity index (χ0v) is 19.0. The summed E-state index contributed by atoms with van der Waals surface area (Å²) in [5.41, 5.74) is 0.102. The number of nitrogens with one attached hydrogen (secondary N) is 1. The van der Waals surface area contributed by atoms with Crippen LogP contribution in [0.1, 0.15) is 24.0 Å². The number of hydrogen-bond donors (Lipinski definition) is 3. The molecular formula is C21H22F2N4O6S. The fraction of sp³-hybridized carbons (Fsp3) is 0.238. The van der Waals surface area contributed by atoms with Crippen LogP contribution in [0.15, 0.2) is 47.9 Å². The predicted octanol–water partition coefficient (Wildman–Crippen LogP) is 2.42. The van der Waals surface area contributed by atoms with Gasteiger partial charge in [0, 0.05) is 30.7 Å². The Labute approximate surface area is 194 Å². The number of carbonyl (C=O) groups is 2. The van der Waals surface area contributed by atoms with Crippen molar-refractivity contribution in [1.82, 2.24) is 19.3 Å². The second-order valence-electron chi connectivity index (χ2n) is 6.95. The Morgan fingerprint density at radius 3 is 2.26 bits per heavy atom. The monoisotopic (exact) mass is 496 g/mol. The number of pyridine rings is 2. The Kier molecular flexibility index (Phi) is 8.92. The van der Waals surface area contributed by atoms with Crippen LogP contribution in [0.4, 0.5) is 8.78 Å². The molecule has 34 heavy (non-hydrogen) atoms. The van der Waals surface area contributed by atoms with E-state index in [0.717, 1.165) is 10.2 Å². The van der Waals surface area contributed by atoms with Gasteiger partial charge in [-0.3, -0.25) is 9.59 Å². The van der Waals surface area contributed by atoms with Crippen LogP contribution in [0.25, 0.3) is 11.3 Å². The van der Waals surface area contributed by atoms with Crippen LogP contribution in [0, 0.1) is 18.7 Å². The van der Waals surface area contributed by atoms with E-state index in [0.29, 0.717) is 5.56 Å². The Bertz CT molecular complexity index is 1280. The summed E-state index contributed by atoms with van der Waals surface area (Å²) in [7, 11) is -2.64. The fourth-order valence-electron chi connectivity index (χ4n) is 2.78. The van der Waals surface area contributed by atoms with Crippen LogP contribution < -0.4 is 5.32 Å². The van der Waals surface area contributed by atoms with E-state index in [1.165, 1.54) is 30.6 Å². The number of aromatic nitrogens is 3. The van der Waals surface area contributed by atoms with E-state index in [1.54, 1.807) is 20.0 Å². The molecule has 0 aliphatic carbocycles. The molecule has 0 fully saturated rings. The van der Waals surface area contributed by atoms with Crippen molar-refractivity contribution in [3.8, 4) is 11.3 Å². The fourth-order valence-corrected chi connectivity index (χ4v) is 4.19. The topological polar surface area (TPSA) is 151 Å². The van der Waals surface area contributed by atoms with Gasteiger partial charge in [-0.1, -0.05) is 0 Å². The number of aryl methyl sites for hydroxylation is 1. The van der Waals surface area contributed by atoms with E-state index >= 15 is 0 Å². The number of carboxylic acid groups (broad SMARTS) is 2. The summed E-state index contributed by atoms with van der Waals surface area (Å²) in [6.07, 6.45) is 3.09. The van der Waals surface area contributed by atoms with Gasteiger partial charge >= 0.3 is 11.9 Å². The molecule has 13 heteroatoms. The molecule has 0 saturated heterocycles. The molecule has 0 saturated carbocycles. The molecule has 3 N–H and O–H groups in total. The molecule has 0 amide bonds. The Morgan fingerprint density at radius 2 is 1.74 bits per heavy atom. The van der Waals surface area contributed by atoms with Crippen molar-refractivity contribution in [2.75, 3.05) is 7.05 Å². The summed E-state index contributed by atoms with van der Waals surface area (Å²) in [5.74, 6) is -3.95. The summed E-state index contributed by atoms with van der Waals surface area (Å²) < 4.78 is 55.9. The molecule has 0 bridgehead atoms. The van der Waals surface area contributed by atoms with E-state index < -0.39 is 39.4 Å². The Hall–Kier alpha value is -3.71. The molecule has 0 aliphatic heterocycles. The largest absolute Gasteiger partial charge is 0.481 e. The highest BCUT2D eigenvalue weighted by Gasteiger charge is 2.29. The normalized spacial score (nSPS) is 10.9. The maximum Gasteiger partial charge on any atom is 0.303 e. The van der Waals surface area contributed by atoms with E-state index in [1.807, 2.05) is 0 Å². The Balaban J connectivity index is 0.000000440. The molecule has 0 spiro atoms. The van der Waals surface area contributed by atoms with E-state index in [4.69, 9.17) is 10.2 Å². The number of carboxylic acids is 2. The molecule has 3 aromatic rings. The minimum Gasteiger partial charge on any atom is -0.481 e. The number of hydrogen-bond acceptors (Lipinski definition) is 7. The first kappa shape index (κ1) is 26.5. The first-order valence-corrected chi connectivity index (χ1v) is 11.2. The molecule has 0 atom stereocenters. The molecule has 0 radical (unpaired) electrons. The third-order valence-corrected chi connectivity index (χ3v) is 5.89. The molecule has 182 valence electrons. The maximum atomic E-state index is 14.9. The van der Waals surface area contributed by atoms with Gasteiger partial charge in [-0.15, -0.1) is 0 Å². The smallest absolute Gasteiger partial charge is 0.303 e. The maximum absolute atomic E-state index is 14.9. The summed E-state index contributed by atoms with van der Waals surface area (Å²) in [4.78, 5) is 26.6. The lowest BCUT2D eigenvalue weighted by molar-refractivity contribution is -0.143. The predicted molar refractivity (Wildman–Crippen MR) is 116 cm³/mol. The quantitative estimate of drug-likeness (QED) is 0.399. The van der Waals surface area contributed by atoms with E-state index in [-0.39, 0.29) is 35.5 Å². The number of rotatable bonds is 8. The zero-order valence-electron chi connectivity index (χ0n) is 18.2. The van der Waals surface area contributed by atoms with Crippen LogP contribution >= 0.6 is 0 Å². The average Bonchev–Trinajstić information content (AvgIpc) is 3.10. The first-order valence-electron chi connectivity index (χ1n) is 9.76. The van der Waals surface area contributed by atoms with Gasteiger partial charge in [0.2, 0.25) is 5.95 Å². The molecular weight excluding hydrogens is 474 g/mol. The van der Waals surface area contributed by atoms with Crippen molar-refractivity contribution in [2.45, 2.75) is 31.3 Å². The highest BCUT2D eigenvalue weighted by Crippen LogP contribution is 2.31. The standard InChI is InChI=1S/C17H16F2N4O2S.C4H6O4/c1-11-5-7-21-14(8-11)26(24,25)23-10-12(9-20-2)15(18)16(23)13-4-3-6-22-17(13)19;5-3(6)1-2-4(7)8/h3-8,10,20H,9H2,1-2H3;1-2H2,(H,5,6)(H,7,8). The van der Waals surface area contributed by atoms with Gasteiger partial charge < -0.3 is 15.5 Å². The number of aliphatic carboxylic acids is 2. The van der Waals surface area contributed by atoms with Gasteiger partial charge in [0.15, 0.2) is 10.8 Å². The van der Waals surface area contributed by atoms with E-state index in [2.05, 4.69) is 15.3 Å². The molecule has 0 aliphatic rings. The van der Waals surface area contributed by atoms with Crippen LogP contribution in [0.5, 0.6) is 0 Å². The summed E-state index contributed by atoms with van der Waals surface area (Å²) in [6, 6.07) is 5.70. The van der Waals surface area contributed by atoms with Gasteiger partial charge in [0.25, 0.3) is 10.0 Å². The highest BCUT2D eigenvalue weighted by atomic mass is 32.2. The van der Waals surface area contributed by atoms with Crippen molar-refractivity contribution in [1.29, 1.82) is 0 Å². The molecule has 0 aromatic carbocycles. The SMILES string of the molecule is CNCc1cn(S(=O)(=O)c2cc(C)ccn2)c(-c2cccnc2F)c1F.O=C(O)CCC(=O)O. The third-order valence-electron chi connectivity index (χ3n) is 4.33. The second-order valence-corrected chi connectivity index (χ2v) is 8.71. The second kappa shape index (κ2) is 11.4. The minimum absolute atomic E-state index is 0.0739. The Morgan fingerprint density at radius 1 is 1.09 bits per heavy atom. The summed E-state index contributed by atoms with van der Waals surface area (Å²) in [6.45, 7) is 1.79. The van der Waals surface area contributed by atoms with Crippen molar-refractivity contribution < 1.29 is 37.0 Å². The first-order chi connectivity index (χ1) is 16.0. The number of halogens is 2. The highest BCUT2D eigenvalue weighted by molar-refractivity contribution is 7.90. The molecule has 3 heterocycles. The number of nitrogens with zero attached hydrogens (tertiary/aromatic N) is 3. The van der Waals surface area contributed by atoms with Gasteiger partial charge in [0.05, 0.1) is 18.4 Å². The lowest BCUT2D eigenvalue weighted by Gasteiger charge is -2.10. The van der Waals surface area contributed by atoms with Crippen LogP contribution in [0.2, 0.25) is 0 Å². The molecule has 0 unspecified atom stereocenters. The zero-order chi connectivity index (χ0) is 25.5. The van der Waals surface area contributed by atoms with Gasteiger partial charge in [-0.05, 0) is 43.8 Å². The molecule has 3 aromatic heterocycles. The average molecular weight is 496 g/mol. The lowest BCUT2D eigenvalue weighted by Crippen LogP contribution is -2.15. The summed E-state index contributed by atoms with van der Waals surface area (Å²) in [5, 5.41) is 18.3. The van der Waals surface area contributed by atoms with Crippen molar-refractivity contribution in [3.63, 3.8) is 0 Å². The van der Waals surface area contributed by atoms with Crippen molar-refractivity contribution >= 4 is 22.0 Å². The van der Waals surface area contributed by atoms with Crippen LogP contribution in [0.3, 0.4) is 0 Å². The van der Waals surface area contributed by atoms with Gasteiger partial charge in [0.1, 0.15) is 5.69 Å². The van der Waals surface area contributed by atoms with Gasteiger partial charge in [-0.2, -0.15) is 12.8 Å². The molecule has 3 rings (SSSR count). The van der Waals surface area contributed by atoms with Crippen molar-refractivity contribution in [3.05, 3.63) is 65.7 Å². The van der Waals surface area contributed by atoms with Crippen LogP contribution in [-0.2, 0) is 26.2 Å². The minimum atomic E-state index is -4.23. The molecule has 10 nitrogen and oxygen atoms in total. The van der Waals surface area contributed by atoms with Crippen LogP contribution in [-0.4, -0.2) is 51.6 Å². The van der Waals surface area contributed by atoms with E-state index in [9.17, 15) is 26.8 Å².